The summed E-state index contributed by atoms with van der Waals surface area (Å²) in [4.78, 5) is 11.0. The highest BCUT2D eigenvalue weighted by atomic mass is 32.2. The molecule has 1 unspecified atom stereocenters. The standard InChI is InChI=1S/C13H22N4OS/c1-10(2)14-7-11-8-18-5-4-17(11)12-6-13(19-3)16-9-15-12/h6,9-11,14H,4-5,7-8H2,1-3H3. The van der Waals surface area contributed by atoms with Gasteiger partial charge in [-0.25, -0.2) is 9.97 Å². The fourth-order valence-corrected chi connectivity index (χ4v) is 2.47. The molecule has 19 heavy (non-hydrogen) atoms. The highest BCUT2D eigenvalue weighted by molar-refractivity contribution is 7.98. The molecule has 0 aromatic carbocycles. The Morgan fingerprint density at radius 2 is 2.37 bits per heavy atom. The van der Waals surface area contributed by atoms with Gasteiger partial charge in [0, 0.05) is 25.2 Å². The van der Waals surface area contributed by atoms with Gasteiger partial charge in [0.25, 0.3) is 0 Å². The molecule has 2 rings (SSSR count). The van der Waals surface area contributed by atoms with Crippen molar-refractivity contribution in [1.29, 1.82) is 0 Å². The van der Waals surface area contributed by atoms with Crippen molar-refractivity contribution in [3.05, 3.63) is 12.4 Å². The second-order valence-corrected chi connectivity index (χ2v) is 5.73. The average molecular weight is 282 g/mol. The van der Waals surface area contributed by atoms with Crippen LogP contribution in [0.1, 0.15) is 13.8 Å². The molecule has 1 aromatic heterocycles. The van der Waals surface area contributed by atoms with Crippen LogP contribution in [-0.2, 0) is 4.74 Å². The van der Waals surface area contributed by atoms with E-state index in [1.165, 1.54) is 0 Å². The molecule has 1 aromatic rings. The van der Waals surface area contributed by atoms with Crippen LogP contribution in [0.25, 0.3) is 0 Å². The molecule has 1 fully saturated rings. The summed E-state index contributed by atoms with van der Waals surface area (Å²) in [7, 11) is 0. The number of anilines is 1. The highest BCUT2D eigenvalue weighted by Gasteiger charge is 2.24. The zero-order valence-corrected chi connectivity index (χ0v) is 12.6. The first-order valence-electron chi connectivity index (χ1n) is 6.64. The molecule has 106 valence electrons. The van der Waals surface area contributed by atoms with E-state index in [1.807, 2.05) is 6.26 Å². The van der Waals surface area contributed by atoms with Crippen LogP contribution in [0.4, 0.5) is 5.82 Å². The van der Waals surface area contributed by atoms with Gasteiger partial charge in [0.15, 0.2) is 0 Å². The van der Waals surface area contributed by atoms with E-state index in [1.54, 1.807) is 18.1 Å². The van der Waals surface area contributed by atoms with E-state index in [9.17, 15) is 0 Å². The zero-order valence-electron chi connectivity index (χ0n) is 11.8. The monoisotopic (exact) mass is 282 g/mol. The van der Waals surface area contributed by atoms with Gasteiger partial charge in [-0.15, -0.1) is 11.8 Å². The summed E-state index contributed by atoms with van der Waals surface area (Å²) >= 11 is 1.64. The topological polar surface area (TPSA) is 50.3 Å². The summed E-state index contributed by atoms with van der Waals surface area (Å²) < 4.78 is 5.59. The van der Waals surface area contributed by atoms with Crippen molar-refractivity contribution >= 4 is 17.6 Å². The molecule has 0 aliphatic carbocycles. The lowest BCUT2D eigenvalue weighted by molar-refractivity contribution is 0.0927. The smallest absolute Gasteiger partial charge is 0.133 e. The van der Waals surface area contributed by atoms with E-state index >= 15 is 0 Å². The number of thioether (sulfide) groups is 1. The molecule has 1 atom stereocenters. The predicted octanol–water partition coefficient (Wildman–Crippen LogP) is 1.40. The Morgan fingerprint density at radius 3 is 3.11 bits per heavy atom. The fourth-order valence-electron chi connectivity index (χ4n) is 2.10. The average Bonchev–Trinajstić information content (AvgIpc) is 2.45. The molecule has 1 saturated heterocycles. The molecule has 0 bridgehead atoms. The molecule has 0 spiro atoms. The molecule has 0 amide bonds. The molecule has 5 nitrogen and oxygen atoms in total. The van der Waals surface area contributed by atoms with E-state index < -0.39 is 0 Å². The van der Waals surface area contributed by atoms with Crippen molar-refractivity contribution in [3.8, 4) is 0 Å². The Hall–Kier alpha value is -0.850. The third-order valence-corrected chi connectivity index (χ3v) is 3.76. The summed E-state index contributed by atoms with van der Waals surface area (Å²) in [5.41, 5.74) is 0. The minimum atomic E-state index is 0.334. The maximum Gasteiger partial charge on any atom is 0.133 e. The number of nitrogens with zero attached hydrogens (tertiary/aromatic N) is 3. The second kappa shape index (κ2) is 7.07. The third kappa shape index (κ3) is 4.06. The van der Waals surface area contributed by atoms with Crippen molar-refractivity contribution in [2.75, 3.05) is 37.5 Å². The molecule has 0 radical (unpaired) electrons. The Morgan fingerprint density at radius 1 is 1.53 bits per heavy atom. The van der Waals surface area contributed by atoms with Crippen molar-refractivity contribution in [1.82, 2.24) is 15.3 Å². The number of aromatic nitrogens is 2. The lowest BCUT2D eigenvalue weighted by Crippen LogP contribution is -2.51. The van der Waals surface area contributed by atoms with Crippen LogP contribution in [0.2, 0.25) is 0 Å². The minimum absolute atomic E-state index is 0.334. The summed E-state index contributed by atoms with van der Waals surface area (Å²) in [6.45, 7) is 7.62. The van der Waals surface area contributed by atoms with Gasteiger partial charge in [-0.05, 0) is 6.26 Å². The number of rotatable bonds is 5. The van der Waals surface area contributed by atoms with Gasteiger partial charge in [-0.2, -0.15) is 0 Å². The van der Waals surface area contributed by atoms with Crippen LogP contribution in [0, 0.1) is 0 Å². The van der Waals surface area contributed by atoms with Gasteiger partial charge in [-0.3, -0.25) is 0 Å². The zero-order chi connectivity index (χ0) is 13.7. The maximum absolute atomic E-state index is 5.59. The van der Waals surface area contributed by atoms with Crippen LogP contribution in [-0.4, -0.2) is 54.6 Å². The number of morpholine rings is 1. The molecule has 1 aliphatic heterocycles. The SMILES string of the molecule is CSc1cc(N2CCOCC2CNC(C)C)ncn1. The van der Waals surface area contributed by atoms with Crippen molar-refractivity contribution in [3.63, 3.8) is 0 Å². The van der Waals surface area contributed by atoms with Gasteiger partial charge in [-0.1, -0.05) is 13.8 Å². The van der Waals surface area contributed by atoms with Gasteiger partial charge in [0.2, 0.25) is 0 Å². The number of nitrogens with one attached hydrogen (secondary N) is 1. The quantitative estimate of drug-likeness (QED) is 0.651. The van der Waals surface area contributed by atoms with Gasteiger partial charge >= 0.3 is 0 Å². The fraction of sp³-hybridized carbons (Fsp3) is 0.692. The van der Waals surface area contributed by atoms with Gasteiger partial charge in [0.1, 0.15) is 17.2 Å². The molecular formula is C13H22N4OS. The molecule has 1 aliphatic rings. The lowest BCUT2D eigenvalue weighted by atomic mass is 10.2. The third-order valence-electron chi connectivity index (χ3n) is 3.12. The first-order chi connectivity index (χ1) is 9.20. The molecule has 2 heterocycles. The van der Waals surface area contributed by atoms with Crippen molar-refractivity contribution in [2.24, 2.45) is 0 Å². The largest absolute Gasteiger partial charge is 0.377 e. The number of hydrogen-bond acceptors (Lipinski definition) is 6. The van der Waals surface area contributed by atoms with Gasteiger partial charge < -0.3 is 15.0 Å². The summed E-state index contributed by atoms with van der Waals surface area (Å²) in [5, 5.41) is 4.48. The lowest BCUT2D eigenvalue weighted by Gasteiger charge is -2.37. The molecule has 6 heteroatoms. The summed E-state index contributed by atoms with van der Waals surface area (Å²) in [5.74, 6) is 0.998. The summed E-state index contributed by atoms with van der Waals surface area (Å²) in [6.07, 6.45) is 3.67. The van der Waals surface area contributed by atoms with E-state index in [4.69, 9.17) is 4.74 Å². The first kappa shape index (κ1) is 14.6. The predicted molar refractivity (Wildman–Crippen MR) is 78.9 cm³/mol. The maximum atomic E-state index is 5.59. The van der Waals surface area contributed by atoms with E-state index in [0.717, 1.165) is 37.1 Å². The normalized spacial score (nSPS) is 20.0. The summed E-state index contributed by atoms with van der Waals surface area (Å²) in [6, 6.07) is 2.87. The van der Waals surface area contributed by atoms with Crippen LogP contribution < -0.4 is 10.2 Å². The molecular weight excluding hydrogens is 260 g/mol. The van der Waals surface area contributed by atoms with Crippen molar-refractivity contribution < 1.29 is 4.74 Å². The van der Waals surface area contributed by atoms with Crippen LogP contribution in [0.5, 0.6) is 0 Å². The second-order valence-electron chi connectivity index (χ2n) is 4.90. The van der Waals surface area contributed by atoms with E-state index in [0.29, 0.717) is 12.1 Å². The van der Waals surface area contributed by atoms with Crippen LogP contribution >= 0.6 is 11.8 Å². The number of hydrogen-bond donors (Lipinski definition) is 1. The van der Waals surface area contributed by atoms with Crippen LogP contribution in [0.15, 0.2) is 17.4 Å². The highest BCUT2D eigenvalue weighted by Crippen LogP contribution is 2.20. The van der Waals surface area contributed by atoms with Crippen molar-refractivity contribution in [2.45, 2.75) is 31.0 Å². The first-order valence-corrected chi connectivity index (χ1v) is 7.87. The number of ether oxygens (including phenoxy) is 1. The molecule has 1 N–H and O–H groups in total. The van der Waals surface area contributed by atoms with E-state index in [-0.39, 0.29) is 0 Å². The van der Waals surface area contributed by atoms with Gasteiger partial charge in [0.05, 0.1) is 19.3 Å². The molecule has 0 saturated carbocycles. The van der Waals surface area contributed by atoms with Crippen LogP contribution in [0.3, 0.4) is 0 Å². The Balaban J connectivity index is 2.09. The van der Waals surface area contributed by atoms with E-state index in [2.05, 4.69) is 40.1 Å². The minimum Gasteiger partial charge on any atom is -0.377 e. The Kier molecular flexibility index (Phi) is 5.42. The Labute approximate surface area is 119 Å². The Bertz CT molecular complexity index is 402.